The van der Waals surface area contributed by atoms with Gasteiger partial charge in [0, 0.05) is 25.2 Å². The molecule has 0 atom stereocenters. The van der Waals surface area contributed by atoms with Gasteiger partial charge in [-0.2, -0.15) is 0 Å². The lowest BCUT2D eigenvalue weighted by molar-refractivity contribution is 0.0952. The van der Waals surface area contributed by atoms with Crippen LogP contribution in [-0.2, 0) is 15.8 Å². The van der Waals surface area contributed by atoms with Crippen molar-refractivity contribution in [1.29, 1.82) is 0 Å². The second-order valence-corrected chi connectivity index (χ2v) is 8.79. The maximum atomic E-state index is 12.4. The molecular formula is C18H29N3O3S. The van der Waals surface area contributed by atoms with Gasteiger partial charge >= 0.3 is 0 Å². The summed E-state index contributed by atoms with van der Waals surface area (Å²) >= 11 is 0. The van der Waals surface area contributed by atoms with Crippen molar-refractivity contribution in [3.8, 4) is 0 Å². The van der Waals surface area contributed by atoms with Crippen LogP contribution in [0.25, 0.3) is 0 Å². The SMILES string of the molecule is CN(C)CCCNC(=O)c1ccc(CS(=O)(=O)N2CCCCC2)cc1. The van der Waals surface area contributed by atoms with E-state index in [0.717, 1.165) is 37.8 Å². The summed E-state index contributed by atoms with van der Waals surface area (Å²) in [6.07, 6.45) is 3.87. The molecule has 0 bridgehead atoms. The highest BCUT2D eigenvalue weighted by Gasteiger charge is 2.24. The van der Waals surface area contributed by atoms with Crippen LogP contribution in [0.5, 0.6) is 0 Å². The van der Waals surface area contributed by atoms with E-state index in [2.05, 4.69) is 10.2 Å². The number of hydrogen-bond donors (Lipinski definition) is 1. The van der Waals surface area contributed by atoms with Gasteiger partial charge in [-0.25, -0.2) is 12.7 Å². The molecule has 0 radical (unpaired) electrons. The van der Waals surface area contributed by atoms with Crippen molar-refractivity contribution in [2.45, 2.75) is 31.4 Å². The van der Waals surface area contributed by atoms with Gasteiger partial charge < -0.3 is 10.2 Å². The first-order valence-electron chi connectivity index (χ1n) is 8.88. The smallest absolute Gasteiger partial charge is 0.251 e. The maximum Gasteiger partial charge on any atom is 0.251 e. The molecule has 1 aliphatic rings. The summed E-state index contributed by atoms with van der Waals surface area (Å²) in [6.45, 7) is 2.79. The van der Waals surface area contributed by atoms with E-state index in [-0.39, 0.29) is 11.7 Å². The molecule has 0 unspecified atom stereocenters. The number of amides is 1. The van der Waals surface area contributed by atoms with Gasteiger partial charge in [0.05, 0.1) is 5.75 Å². The molecule has 0 saturated carbocycles. The highest BCUT2D eigenvalue weighted by atomic mass is 32.2. The summed E-state index contributed by atoms with van der Waals surface area (Å²) in [5.74, 6) is -0.123. The third kappa shape index (κ3) is 6.41. The Morgan fingerprint density at radius 3 is 2.36 bits per heavy atom. The Hall–Kier alpha value is -1.44. The first-order valence-corrected chi connectivity index (χ1v) is 10.5. The average Bonchev–Trinajstić information content (AvgIpc) is 2.59. The molecule has 0 aliphatic carbocycles. The van der Waals surface area contributed by atoms with Crippen molar-refractivity contribution in [1.82, 2.24) is 14.5 Å². The fraction of sp³-hybridized carbons (Fsp3) is 0.611. The highest BCUT2D eigenvalue weighted by molar-refractivity contribution is 7.88. The van der Waals surface area contributed by atoms with Gasteiger partial charge in [-0.05, 0) is 57.6 Å². The van der Waals surface area contributed by atoms with Crippen molar-refractivity contribution in [3.63, 3.8) is 0 Å². The number of carbonyl (C=O) groups is 1. The highest BCUT2D eigenvalue weighted by Crippen LogP contribution is 2.17. The summed E-state index contributed by atoms with van der Waals surface area (Å²) in [4.78, 5) is 14.2. The van der Waals surface area contributed by atoms with Crippen molar-refractivity contribution >= 4 is 15.9 Å². The number of nitrogens with zero attached hydrogens (tertiary/aromatic N) is 2. The number of rotatable bonds is 8. The van der Waals surface area contributed by atoms with Crippen LogP contribution in [0.2, 0.25) is 0 Å². The average molecular weight is 368 g/mol. The summed E-state index contributed by atoms with van der Waals surface area (Å²) in [5.41, 5.74) is 1.28. The van der Waals surface area contributed by atoms with E-state index < -0.39 is 10.0 Å². The van der Waals surface area contributed by atoms with Gasteiger partial charge in [0.15, 0.2) is 0 Å². The number of nitrogens with one attached hydrogen (secondary N) is 1. The molecule has 1 heterocycles. The van der Waals surface area contributed by atoms with Crippen molar-refractivity contribution in [3.05, 3.63) is 35.4 Å². The van der Waals surface area contributed by atoms with Crippen LogP contribution in [0.1, 0.15) is 41.6 Å². The lowest BCUT2D eigenvalue weighted by atomic mass is 10.1. The first kappa shape index (κ1) is 19.9. The van der Waals surface area contributed by atoms with E-state index in [0.29, 0.717) is 25.2 Å². The van der Waals surface area contributed by atoms with Crippen LogP contribution in [0.15, 0.2) is 24.3 Å². The molecule has 7 heteroatoms. The number of sulfonamides is 1. The minimum atomic E-state index is -3.27. The molecule has 2 rings (SSSR count). The van der Waals surface area contributed by atoms with Gasteiger partial charge in [0.25, 0.3) is 5.91 Å². The second kappa shape index (κ2) is 9.31. The lowest BCUT2D eigenvalue weighted by Crippen LogP contribution is -2.36. The maximum absolute atomic E-state index is 12.4. The summed E-state index contributed by atoms with van der Waals surface area (Å²) in [6, 6.07) is 6.86. The molecule has 25 heavy (non-hydrogen) atoms. The number of hydrogen-bond acceptors (Lipinski definition) is 4. The van der Waals surface area contributed by atoms with Crippen LogP contribution < -0.4 is 5.32 Å². The van der Waals surface area contributed by atoms with Gasteiger partial charge in [-0.1, -0.05) is 18.6 Å². The van der Waals surface area contributed by atoms with E-state index in [9.17, 15) is 13.2 Å². The van der Waals surface area contributed by atoms with Gasteiger partial charge in [-0.3, -0.25) is 4.79 Å². The molecule has 0 aromatic heterocycles. The van der Waals surface area contributed by atoms with Crippen LogP contribution in [0.3, 0.4) is 0 Å². The standard InChI is InChI=1S/C18H29N3O3S/c1-20(2)12-6-11-19-18(22)17-9-7-16(8-10-17)15-25(23,24)21-13-4-3-5-14-21/h7-10H,3-6,11-15H2,1-2H3,(H,19,22). The molecule has 1 aromatic carbocycles. The van der Waals surface area contributed by atoms with Crippen molar-refractivity contribution < 1.29 is 13.2 Å². The molecule has 140 valence electrons. The van der Waals surface area contributed by atoms with Crippen molar-refractivity contribution in [2.75, 3.05) is 40.3 Å². The Labute approximate surface area is 151 Å². The van der Waals surface area contributed by atoms with E-state index in [4.69, 9.17) is 0 Å². The topological polar surface area (TPSA) is 69.7 Å². The van der Waals surface area contributed by atoms with Gasteiger partial charge in [0.1, 0.15) is 0 Å². The summed E-state index contributed by atoms with van der Waals surface area (Å²) in [5, 5.41) is 2.88. The second-order valence-electron chi connectivity index (χ2n) is 6.83. The zero-order chi connectivity index (χ0) is 18.3. The van der Waals surface area contributed by atoms with E-state index in [1.165, 1.54) is 0 Å². The van der Waals surface area contributed by atoms with Crippen molar-refractivity contribution in [2.24, 2.45) is 0 Å². The van der Waals surface area contributed by atoms with Crippen LogP contribution in [-0.4, -0.2) is 63.8 Å². The Morgan fingerprint density at radius 2 is 1.76 bits per heavy atom. The molecule has 1 aromatic rings. The fourth-order valence-electron chi connectivity index (χ4n) is 2.90. The number of benzene rings is 1. The van der Waals surface area contributed by atoms with Gasteiger partial charge in [-0.15, -0.1) is 0 Å². The Morgan fingerprint density at radius 1 is 1.12 bits per heavy atom. The molecule has 1 fully saturated rings. The Balaban J connectivity index is 1.87. The molecule has 6 nitrogen and oxygen atoms in total. The third-order valence-electron chi connectivity index (χ3n) is 4.34. The quantitative estimate of drug-likeness (QED) is 0.710. The zero-order valence-electron chi connectivity index (χ0n) is 15.2. The van der Waals surface area contributed by atoms with Crippen LogP contribution in [0, 0.1) is 0 Å². The first-order chi connectivity index (χ1) is 11.9. The zero-order valence-corrected chi connectivity index (χ0v) is 16.0. The van der Waals surface area contributed by atoms with Crippen LogP contribution >= 0.6 is 0 Å². The minimum absolute atomic E-state index is 0.00225. The molecule has 1 aliphatic heterocycles. The van der Waals surface area contributed by atoms with E-state index in [1.54, 1.807) is 28.6 Å². The summed E-state index contributed by atoms with van der Waals surface area (Å²) < 4.78 is 26.5. The largest absolute Gasteiger partial charge is 0.352 e. The monoisotopic (exact) mass is 367 g/mol. The molecule has 1 amide bonds. The van der Waals surface area contributed by atoms with E-state index in [1.807, 2.05) is 14.1 Å². The molecule has 1 saturated heterocycles. The predicted octanol–water partition coefficient (Wildman–Crippen LogP) is 1.68. The van der Waals surface area contributed by atoms with Gasteiger partial charge in [0.2, 0.25) is 10.0 Å². The normalized spacial score (nSPS) is 16.1. The minimum Gasteiger partial charge on any atom is -0.352 e. The van der Waals surface area contributed by atoms with E-state index >= 15 is 0 Å². The molecule has 1 N–H and O–H groups in total. The Bertz CT molecular complexity index is 651. The molecular weight excluding hydrogens is 338 g/mol. The Kier molecular flexibility index (Phi) is 7.40. The molecule has 0 spiro atoms. The predicted molar refractivity (Wildman–Crippen MR) is 100.0 cm³/mol. The summed E-state index contributed by atoms with van der Waals surface area (Å²) in [7, 11) is 0.730. The fourth-order valence-corrected chi connectivity index (χ4v) is 4.51. The third-order valence-corrected chi connectivity index (χ3v) is 6.19. The lowest BCUT2D eigenvalue weighted by Gasteiger charge is -2.25. The number of carbonyl (C=O) groups excluding carboxylic acids is 1. The number of piperidine rings is 1. The van der Waals surface area contributed by atoms with Crippen LogP contribution in [0.4, 0.5) is 0 Å².